The number of anilines is 1. The van der Waals surface area contributed by atoms with Gasteiger partial charge in [-0.25, -0.2) is 4.79 Å². The number of aromatic carboxylic acids is 1. The first-order valence-electron chi connectivity index (χ1n) is 6.02. The number of hydrogen-bond acceptors (Lipinski definition) is 3. The molecule has 2 rings (SSSR count). The van der Waals surface area contributed by atoms with Crippen molar-refractivity contribution in [1.29, 1.82) is 0 Å². The lowest BCUT2D eigenvalue weighted by atomic mass is 10.2. The minimum absolute atomic E-state index is 0.106. The highest BCUT2D eigenvalue weighted by molar-refractivity contribution is 5.93. The van der Waals surface area contributed by atoms with Crippen molar-refractivity contribution in [3.63, 3.8) is 0 Å². The zero-order chi connectivity index (χ0) is 13.0. The minimum Gasteiger partial charge on any atom is -0.478 e. The van der Waals surface area contributed by atoms with Gasteiger partial charge in [0.1, 0.15) is 0 Å². The van der Waals surface area contributed by atoms with Crippen LogP contribution in [-0.2, 0) is 4.79 Å². The summed E-state index contributed by atoms with van der Waals surface area (Å²) in [6, 6.07) is 6.83. The first-order valence-corrected chi connectivity index (χ1v) is 6.02. The van der Waals surface area contributed by atoms with Gasteiger partial charge in [-0.3, -0.25) is 4.79 Å². The third-order valence-corrected chi connectivity index (χ3v) is 2.76. The van der Waals surface area contributed by atoms with E-state index in [0.717, 1.165) is 0 Å². The zero-order valence-corrected chi connectivity index (χ0v) is 9.98. The molecule has 5 nitrogen and oxygen atoms in total. The highest BCUT2D eigenvalue weighted by atomic mass is 16.4. The Labute approximate surface area is 105 Å². The number of carbonyl (C=O) groups excluding carboxylic acids is 1. The molecule has 0 atom stereocenters. The Hall–Kier alpha value is -1.88. The molecule has 1 saturated carbocycles. The second-order valence-corrected chi connectivity index (χ2v) is 4.41. The first kappa shape index (κ1) is 12.6. The largest absolute Gasteiger partial charge is 0.478 e. The Bertz CT molecular complexity index is 455. The van der Waals surface area contributed by atoms with Crippen LogP contribution in [0.5, 0.6) is 0 Å². The summed E-state index contributed by atoms with van der Waals surface area (Å²) in [5.74, 6) is -1.10. The summed E-state index contributed by atoms with van der Waals surface area (Å²) < 4.78 is 0. The van der Waals surface area contributed by atoms with Crippen LogP contribution in [-0.4, -0.2) is 29.6 Å². The van der Waals surface area contributed by atoms with Crippen LogP contribution in [0.25, 0.3) is 0 Å². The van der Waals surface area contributed by atoms with Crippen LogP contribution >= 0.6 is 0 Å². The summed E-state index contributed by atoms with van der Waals surface area (Å²) in [5, 5.41) is 14.8. The number of carboxylic acids is 1. The van der Waals surface area contributed by atoms with Gasteiger partial charge in [0.25, 0.3) is 0 Å². The van der Waals surface area contributed by atoms with Crippen LogP contribution in [0.1, 0.15) is 29.6 Å². The fourth-order valence-electron chi connectivity index (χ4n) is 1.63. The molecule has 1 aromatic rings. The molecule has 0 aromatic heterocycles. The highest BCUT2D eigenvalue weighted by Crippen LogP contribution is 2.18. The first-order chi connectivity index (χ1) is 8.65. The molecule has 3 N–H and O–H groups in total. The average Bonchev–Trinajstić information content (AvgIpc) is 3.13. The Morgan fingerprint density at radius 3 is 2.78 bits per heavy atom. The van der Waals surface area contributed by atoms with E-state index >= 15 is 0 Å². The molecule has 1 amide bonds. The molecule has 0 saturated heterocycles. The van der Waals surface area contributed by atoms with Crippen LogP contribution in [0.4, 0.5) is 5.69 Å². The molecule has 1 aliphatic rings. The second-order valence-electron chi connectivity index (χ2n) is 4.41. The van der Waals surface area contributed by atoms with Crippen LogP contribution < -0.4 is 10.6 Å². The van der Waals surface area contributed by atoms with Crippen molar-refractivity contribution in [3.05, 3.63) is 29.8 Å². The highest BCUT2D eigenvalue weighted by Gasteiger charge is 2.20. The maximum absolute atomic E-state index is 11.6. The van der Waals surface area contributed by atoms with Gasteiger partial charge in [0.15, 0.2) is 0 Å². The van der Waals surface area contributed by atoms with Crippen LogP contribution in [0.2, 0.25) is 0 Å². The topological polar surface area (TPSA) is 78.4 Å². The van der Waals surface area contributed by atoms with Crippen LogP contribution in [0, 0.1) is 0 Å². The van der Waals surface area contributed by atoms with Crippen LogP contribution in [0.15, 0.2) is 24.3 Å². The maximum Gasteiger partial charge on any atom is 0.335 e. The Kier molecular flexibility index (Phi) is 3.94. The molecule has 1 aliphatic carbocycles. The van der Waals surface area contributed by atoms with E-state index in [1.54, 1.807) is 12.1 Å². The molecule has 96 valence electrons. The molecule has 0 heterocycles. The SMILES string of the molecule is O=C(CCNC1CC1)Nc1cccc(C(=O)O)c1. The van der Waals surface area contributed by atoms with Gasteiger partial charge < -0.3 is 15.7 Å². The van der Waals surface area contributed by atoms with Crippen molar-refractivity contribution in [3.8, 4) is 0 Å². The third-order valence-electron chi connectivity index (χ3n) is 2.76. The smallest absolute Gasteiger partial charge is 0.335 e. The Morgan fingerprint density at radius 1 is 1.33 bits per heavy atom. The van der Waals surface area contributed by atoms with E-state index in [9.17, 15) is 9.59 Å². The molecule has 1 fully saturated rings. The van der Waals surface area contributed by atoms with E-state index in [1.165, 1.54) is 25.0 Å². The number of hydrogen-bond donors (Lipinski definition) is 3. The van der Waals surface area contributed by atoms with E-state index < -0.39 is 5.97 Å². The van der Waals surface area contributed by atoms with Crippen LogP contribution in [0.3, 0.4) is 0 Å². The Morgan fingerprint density at radius 2 is 2.11 bits per heavy atom. The summed E-state index contributed by atoms with van der Waals surface area (Å²) in [7, 11) is 0. The third kappa shape index (κ3) is 3.85. The van der Waals surface area contributed by atoms with Gasteiger partial charge in [-0.1, -0.05) is 6.07 Å². The molecule has 0 spiro atoms. The average molecular weight is 248 g/mol. The number of amides is 1. The van der Waals surface area contributed by atoms with E-state index in [1.807, 2.05) is 0 Å². The molecular weight excluding hydrogens is 232 g/mol. The normalized spacial score (nSPS) is 14.2. The van der Waals surface area contributed by atoms with Crippen molar-refractivity contribution in [2.75, 3.05) is 11.9 Å². The van der Waals surface area contributed by atoms with Gasteiger partial charge in [0.2, 0.25) is 5.91 Å². The number of rotatable bonds is 6. The van der Waals surface area contributed by atoms with Crippen molar-refractivity contribution >= 4 is 17.6 Å². The second kappa shape index (κ2) is 5.64. The lowest BCUT2D eigenvalue weighted by Gasteiger charge is -2.06. The Balaban J connectivity index is 1.81. The summed E-state index contributed by atoms with van der Waals surface area (Å²) in [5.41, 5.74) is 0.690. The molecule has 0 radical (unpaired) electrons. The molecule has 0 aliphatic heterocycles. The predicted molar refractivity (Wildman–Crippen MR) is 67.7 cm³/mol. The minimum atomic E-state index is -0.999. The van der Waals surface area contributed by atoms with Gasteiger partial charge in [-0.2, -0.15) is 0 Å². The zero-order valence-electron chi connectivity index (χ0n) is 9.98. The van der Waals surface area contributed by atoms with Crippen molar-refractivity contribution in [2.24, 2.45) is 0 Å². The standard InChI is InChI=1S/C13H16N2O3/c16-12(6-7-14-10-4-5-10)15-11-3-1-2-9(8-11)13(17)18/h1-3,8,10,14H,4-7H2,(H,15,16)(H,17,18). The summed E-state index contributed by atoms with van der Waals surface area (Å²) in [6.45, 7) is 0.662. The summed E-state index contributed by atoms with van der Waals surface area (Å²) in [4.78, 5) is 22.4. The molecule has 1 aromatic carbocycles. The molecule has 0 bridgehead atoms. The van der Waals surface area contributed by atoms with Crippen molar-refractivity contribution < 1.29 is 14.7 Å². The predicted octanol–water partition coefficient (Wildman–Crippen LogP) is 1.47. The number of carbonyl (C=O) groups is 2. The quantitative estimate of drug-likeness (QED) is 0.712. The van der Waals surface area contributed by atoms with Crippen molar-refractivity contribution in [2.45, 2.75) is 25.3 Å². The number of nitrogens with one attached hydrogen (secondary N) is 2. The lowest BCUT2D eigenvalue weighted by molar-refractivity contribution is -0.116. The molecular formula is C13H16N2O3. The summed E-state index contributed by atoms with van der Waals surface area (Å²) >= 11 is 0. The van der Waals surface area contributed by atoms with E-state index in [0.29, 0.717) is 24.7 Å². The monoisotopic (exact) mass is 248 g/mol. The maximum atomic E-state index is 11.6. The summed E-state index contributed by atoms with van der Waals surface area (Å²) in [6.07, 6.45) is 2.79. The molecule has 18 heavy (non-hydrogen) atoms. The fourth-order valence-corrected chi connectivity index (χ4v) is 1.63. The van der Waals surface area contributed by atoms with E-state index in [4.69, 9.17) is 5.11 Å². The van der Waals surface area contributed by atoms with Gasteiger partial charge in [-0.15, -0.1) is 0 Å². The number of carboxylic acid groups (broad SMARTS) is 1. The van der Waals surface area contributed by atoms with Gasteiger partial charge in [0.05, 0.1) is 5.56 Å². The van der Waals surface area contributed by atoms with E-state index in [-0.39, 0.29) is 11.5 Å². The number of benzene rings is 1. The molecule has 0 unspecified atom stereocenters. The van der Waals surface area contributed by atoms with Gasteiger partial charge >= 0.3 is 5.97 Å². The van der Waals surface area contributed by atoms with E-state index in [2.05, 4.69) is 10.6 Å². The van der Waals surface area contributed by atoms with Gasteiger partial charge in [0, 0.05) is 24.7 Å². The van der Waals surface area contributed by atoms with Crippen molar-refractivity contribution in [1.82, 2.24) is 5.32 Å². The fraction of sp³-hybridized carbons (Fsp3) is 0.385. The van der Waals surface area contributed by atoms with Gasteiger partial charge in [-0.05, 0) is 31.0 Å². The lowest BCUT2D eigenvalue weighted by Crippen LogP contribution is -2.23. The molecule has 5 heteroatoms.